The molecule has 0 spiro atoms. The van der Waals surface area contributed by atoms with Gasteiger partial charge in [0.25, 0.3) is 5.91 Å². The van der Waals surface area contributed by atoms with Gasteiger partial charge in [-0.05, 0) is 19.1 Å². The monoisotopic (exact) mass is 322 g/mol. The van der Waals surface area contributed by atoms with Gasteiger partial charge in [0.1, 0.15) is 0 Å². The standard InChI is InChI=1S/C14H18N4O3S/c1-10-9-15-6-8-17(10)13(19)12-11-5-3-4-7-18(11)14(16-12)22(2,20)21/h3-5,7,10,15H,6,8-9H2,1-2H3. The lowest BCUT2D eigenvalue weighted by atomic mass is 10.2. The van der Waals surface area contributed by atoms with E-state index in [0.29, 0.717) is 12.1 Å². The summed E-state index contributed by atoms with van der Waals surface area (Å²) in [5, 5.41) is 3.12. The quantitative estimate of drug-likeness (QED) is 0.852. The van der Waals surface area contributed by atoms with E-state index in [-0.39, 0.29) is 22.8 Å². The molecule has 1 fully saturated rings. The predicted octanol–water partition coefficient (Wildman–Crippen LogP) is 0.172. The zero-order valence-corrected chi connectivity index (χ0v) is 13.3. The van der Waals surface area contributed by atoms with Gasteiger partial charge in [-0.2, -0.15) is 0 Å². The van der Waals surface area contributed by atoms with Crippen LogP contribution < -0.4 is 5.32 Å². The number of nitrogens with zero attached hydrogens (tertiary/aromatic N) is 3. The molecule has 1 saturated heterocycles. The molecule has 7 nitrogen and oxygen atoms in total. The van der Waals surface area contributed by atoms with Crippen LogP contribution in [-0.2, 0) is 9.84 Å². The van der Waals surface area contributed by atoms with Crippen LogP contribution >= 0.6 is 0 Å². The lowest BCUT2D eigenvalue weighted by Crippen LogP contribution is -2.52. The Morgan fingerprint density at radius 3 is 2.86 bits per heavy atom. The maximum Gasteiger partial charge on any atom is 0.275 e. The van der Waals surface area contributed by atoms with Crippen LogP contribution in [0.2, 0.25) is 0 Å². The maximum absolute atomic E-state index is 12.8. The van der Waals surface area contributed by atoms with E-state index in [1.165, 1.54) is 4.40 Å². The zero-order valence-electron chi connectivity index (χ0n) is 12.5. The van der Waals surface area contributed by atoms with Gasteiger partial charge in [-0.25, -0.2) is 13.4 Å². The van der Waals surface area contributed by atoms with Gasteiger partial charge >= 0.3 is 0 Å². The zero-order chi connectivity index (χ0) is 15.9. The minimum Gasteiger partial charge on any atom is -0.332 e. The van der Waals surface area contributed by atoms with Crippen LogP contribution in [0, 0.1) is 0 Å². The minimum atomic E-state index is -3.52. The van der Waals surface area contributed by atoms with Crippen molar-refractivity contribution in [3.63, 3.8) is 0 Å². The molecule has 118 valence electrons. The Kier molecular flexibility index (Phi) is 3.65. The Hall–Kier alpha value is -1.93. The van der Waals surface area contributed by atoms with Crippen molar-refractivity contribution in [1.29, 1.82) is 0 Å². The predicted molar refractivity (Wildman–Crippen MR) is 81.7 cm³/mol. The number of aromatic nitrogens is 2. The smallest absolute Gasteiger partial charge is 0.275 e. The fourth-order valence-electron chi connectivity index (χ4n) is 2.71. The fourth-order valence-corrected chi connectivity index (χ4v) is 3.48. The van der Waals surface area contributed by atoms with Gasteiger partial charge in [-0.1, -0.05) is 6.07 Å². The summed E-state index contributed by atoms with van der Waals surface area (Å²) in [6.07, 6.45) is 2.70. The van der Waals surface area contributed by atoms with Crippen molar-refractivity contribution >= 4 is 21.3 Å². The van der Waals surface area contributed by atoms with E-state index < -0.39 is 9.84 Å². The van der Waals surface area contributed by atoms with Gasteiger partial charge < -0.3 is 10.2 Å². The van der Waals surface area contributed by atoms with Crippen molar-refractivity contribution in [3.05, 3.63) is 30.1 Å². The second-order valence-electron chi connectivity index (χ2n) is 5.52. The SMILES string of the molecule is CC1CNCCN1C(=O)c1nc(S(C)(=O)=O)n2ccccc12. The summed E-state index contributed by atoms with van der Waals surface area (Å²) in [5.74, 6) is -0.229. The molecule has 0 aliphatic carbocycles. The summed E-state index contributed by atoms with van der Waals surface area (Å²) >= 11 is 0. The number of piperazine rings is 1. The highest BCUT2D eigenvalue weighted by atomic mass is 32.2. The van der Waals surface area contributed by atoms with Crippen molar-refractivity contribution in [2.24, 2.45) is 0 Å². The van der Waals surface area contributed by atoms with Crippen LogP contribution in [0.1, 0.15) is 17.4 Å². The van der Waals surface area contributed by atoms with Crippen LogP contribution in [0.5, 0.6) is 0 Å². The van der Waals surface area contributed by atoms with Gasteiger partial charge in [0.15, 0.2) is 5.69 Å². The summed E-state index contributed by atoms with van der Waals surface area (Å²) in [4.78, 5) is 18.7. The third-order valence-electron chi connectivity index (χ3n) is 3.81. The highest BCUT2D eigenvalue weighted by Gasteiger charge is 2.29. The number of pyridine rings is 1. The molecule has 3 rings (SSSR count). The molecule has 1 aliphatic rings. The number of hydrogen-bond acceptors (Lipinski definition) is 5. The van der Waals surface area contributed by atoms with Crippen molar-refractivity contribution in [3.8, 4) is 0 Å². The first-order valence-electron chi connectivity index (χ1n) is 7.08. The Labute approximate surface area is 128 Å². The van der Waals surface area contributed by atoms with Gasteiger partial charge in [0.2, 0.25) is 15.0 Å². The molecule has 8 heteroatoms. The topological polar surface area (TPSA) is 83.8 Å². The molecule has 1 N–H and O–H groups in total. The molecule has 2 aromatic heterocycles. The van der Waals surface area contributed by atoms with Crippen LogP contribution in [0.4, 0.5) is 0 Å². The van der Waals surface area contributed by atoms with E-state index in [0.717, 1.165) is 19.3 Å². The van der Waals surface area contributed by atoms with Gasteiger partial charge in [-0.15, -0.1) is 0 Å². The van der Waals surface area contributed by atoms with Crippen molar-refractivity contribution in [2.75, 3.05) is 25.9 Å². The van der Waals surface area contributed by atoms with E-state index in [2.05, 4.69) is 10.3 Å². The fraction of sp³-hybridized carbons (Fsp3) is 0.429. The number of carbonyl (C=O) groups excluding carboxylic acids is 1. The van der Waals surface area contributed by atoms with E-state index in [4.69, 9.17) is 0 Å². The number of sulfone groups is 1. The number of fused-ring (bicyclic) bond motifs is 1. The first kappa shape index (κ1) is 15.0. The lowest BCUT2D eigenvalue weighted by Gasteiger charge is -2.33. The molecule has 1 aliphatic heterocycles. The van der Waals surface area contributed by atoms with Crippen LogP contribution in [-0.4, -0.2) is 60.5 Å². The molecule has 1 unspecified atom stereocenters. The second kappa shape index (κ2) is 5.36. The first-order valence-corrected chi connectivity index (χ1v) is 8.97. The number of hydrogen-bond donors (Lipinski definition) is 1. The number of carbonyl (C=O) groups is 1. The molecule has 0 bridgehead atoms. The van der Waals surface area contributed by atoms with E-state index in [9.17, 15) is 13.2 Å². The Morgan fingerprint density at radius 2 is 2.18 bits per heavy atom. The average Bonchev–Trinajstić information content (AvgIpc) is 2.87. The number of rotatable bonds is 2. The molecule has 0 aromatic carbocycles. The molecule has 1 atom stereocenters. The second-order valence-corrected chi connectivity index (χ2v) is 7.43. The summed E-state index contributed by atoms with van der Waals surface area (Å²) in [6, 6.07) is 5.23. The molecular formula is C14H18N4O3S. The molecule has 0 saturated carbocycles. The highest BCUT2D eigenvalue weighted by Crippen LogP contribution is 2.19. The summed E-state index contributed by atoms with van der Waals surface area (Å²) in [7, 11) is -3.52. The van der Waals surface area contributed by atoms with E-state index in [1.54, 1.807) is 29.3 Å². The average molecular weight is 322 g/mol. The summed E-state index contributed by atoms with van der Waals surface area (Å²) in [5.41, 5.74) is 0.702. The number of imidazole rings is 1. The van der Waals surface area contributed by atoms with Crippen molar-refractivity contribution < 1.29 is 13.2 Å². The Bertz CT molecular complexity index is 828. The first-order chi connectivity index (χ1) is 10.4. The Balaban J connectivity index is 2.13. The van der Waals surface area contributed by atoms with Gasteiger partial charge in [0.05, 0.1) is 5.52 Å². The highest BCUT2D eigenvalue weighted by molar-refractivity contribution is 7.90. The van der Waals surface area contributed by atoms with Gasteiger partial charge in [-0.3, -0.25) is 9.20 Å². The van der Waals surface area contributed by atoms with Crippen LogP contribution in [0.15, 0.2) is 29.6 Å². The lowest BCUT2D eigenvalue weighted by molar-refractivity contribution is 0.0652. The summed E-state index contributed by atoms with van der Waals surface area (Å²) < 4.78 is 25.3. The van der Waals surface area contributed by atoms with Gasteiger partial charge in [0, 0.05) is 38.1 Å². The third-order valence-corrected chi connectivity index (χ3v) is 4.76. The maximum atomic E-state index is 12.8. The molecule has 2 aromatic rings. The Morgan fingerprint density at radius 1 is 1.41 bits per heavy atom. The van der Waals surface area contributed by atoms with Crippen molar-refractivity contribution in [2.45, 2.75) is 18.1 Å². The van der Waals surface area contributed by atoms with E-state index >= 15 is 0 Å². The molecule has 1 amide bonds. The summed E-state index contributed by atoms with van der Waals surface area (Å²) in [6.45, 7) is 3.98. The molecule has 3 heterocycles. The molecule has 22 heavy (non-hydrogen) atoms. The van der Waals surface area contributed by atoms with E-state index in [1.807, 2.05) is 6.92 Å². The van der Waals surface area contributed by atoms with Crippen LogP contribution in [0.3, 0.4) is 0 Å². The minimum absolute atomic E-state index is 0.0448. The molecular weight excluding hydrogens is 304 g/mol. The van der Waals surface area contributed by atoms with Crippen molar-refractivity contribution in [1.82, 2.24) is 19.6 Å². The third kappa shape index (κ3) is 2.48. The largest absolute Gasteiger partial charge is 0.332 e. The normalized spacial score (nSPS) is 19.5. The molecule has 0 radical (unpaired) electrons. The number of nitrogens with one attached hydrogen (secondary N) is 1. The number of amides is 1. The van der Waals surface area contributed by atoms with Crippen LogP contribution in [0.25, 0.3) is 5.52 Å².